The normalized spacial score (nSPS) is 12.5. The molecule has 1 heterocycles. The van der Waals surface area contributed by atoms with Crippen molar-refractivity contribution in [3.8, 4) is 0 Å². The Morgan fingerprint density at radius 3 is 2.06 bits per heavy atom. The lowest BCUT2D eigenvalue weighted by Crippen LogP contribution is -2.29. The van der Waals surface area contributed by atoms with E-state index in [4.69, 9.17) is 4.74 Å². The van der Waals surface area contributed by atoms with Gasteiger partial charge in [-0.05, 0) is 42.8 Å². The van der Waals surface area contributed by atoms with Gasteiger partial charge in [0.25, 0.3) is 17.7 Å². The van der Waals surface area contributed by atoms with Crippen LogP contribution in [0.2, 0.25) is 0 Å². The van der Waals surface area contributed by atoms with Crippen molar-refractivity contribution in [3.63, 3.8) is 0 Å². The number of hydrogen-bond acceptors (Lipinski definition) is 5. The fourth-order valence-corrected chi connectivity index (χ4v) is 3.60. The van der Waals surface area contributed by atoms with Crippen molar-refractivity contribution in [1.29, 1.82) is 0 Å². The minimum Gasteiger partial charge on any atom is -0.465 e. The molecular weight excluding hydrogens is 396 g/mol. The Balaban J connectivity index is 1.87. The van der Waals surface area contributed by atoms with Crippen LogP contribution < -0.4 is 10.2 Å². The largest absolute Gasteiger partial charge is 0.465 e. The maximum Gasteiger partial charge on any atom is 0.338 e. The molecule has 3 aromatic carbocycles. The smallest absolute Gasteiger partial charge is 0.338 e. The third-order valence-electron chi connectivity index (χ3n) is 5.12. The molecule has 0 saturated heterocycles. The van der Waals surface area contributed by atoms with Crippen molar-refractivity contribution >= 4 is 35.1 Å². The van der Waals surface area contributed by atoms with Gasteiger partial charge in [-0.15, -0.1) is 0 Å². The number of nitrogens with one attached hydrogen (secondary N) is 1. The van der Waals surface area contributed by atoms with Gasteiger partial charge in [0, 0.05) is 5.56 Å². The number of anilines is 2. The van der Waals surface area contributed by atoms with E-state index in [1.165, 1.54) is 13.2 Å². The highest BCUT2D eigenvalue weighted by Gasteiger charge is 2.41. The van der Waals surface area contributed by atoms with Crippen LogP contribution in [0.5, 0.6) is 0 Å². The molecule has 7 heteroatoms. The van der Waals surface area contributed by atoms with Crippen LogP contribution in [0.4, 0.5) is 11.4 Å². The Hall–Kier alpha value is -4.26. The van der Waals surface area contributed by atoms with Crippen molar-refractivity contribution in [2.75, 3.05) is 17.3 Å². The van der Waals surface area contributed by atoms with E-state index >= 15 is 0 Å². The zero-order chi connectivity index (χ0) is 22.1. The highest BCUT2D eigenvalue weighted by atomic mass is 16.5. The molecule has 0 spiro atoms. The van der Waals surface area contributed by atoms with Crippen LogP contribution in [0.3, 0.4) is 0 Å². The fraction of sp³-hybridized carbons (Fsp3) is 0.0833. The van der Waals surface area contributed by atoms with Gasteiger partial charge in [-0.25, -0.2) is 9.69 Å². The maximum absolute atomic E-state index is 13.3. The predicted molar refractivity (Wildman–Crippen MR) is 114 cm³/mol. The summed E-state index contributed by atoms with van der Waals surface area (Å²) in [6.45, 7) is 1.58. The number of imide groups is 1. The van der Waals surface area contributed by atoms with E-state index in [1.807, 2.05) is 0 Å². The number of hydrogen-bond donors (Lipinski definition) is 1. The van der Waals surface area contributed by atoms with Crippen molar-refractivity contribution < 1.29 is 23.9 Å². The van der Waals surface area contributed by atoms with Crippen LogP contribution in [0, 0.1) is 6.92 Å². The van der Waals surface area contributed by atoms with Crippen LogP contribution in [0.15, 0.2) is 66.7 Å². The second kappa shape index (κ2) is 7.87. The molecule has 1 aliphatic heterocycles. The number of fused-ring (bicyclic) bond motifs is 1. The first-order valence-corrected chi connectivity index (χ1v) is 9.50. The van der Waals surface area contributed by atoms with E-state index in [1.54, 1.807) is 67.6 Å². The standard InChI is InChI=1S/C24H18N2O5/c1-14-17(24(30)31-2)13-18(25-21(27)15-9-5-3-6-10-15)20-19(14)22(28)26(23(20)29)16-11-7-4-8-12-16/h3-13H,1-2H3,(H,25,27). The molecule has 1 aliphatic rings. The highest BCUT2D eigenvalue weighted by Crippen LogP contribution is 2.37. The van der Waals surface area contributed by atoms with E-state index in [0.717, 1.165) is 4.90 Å². The quantitative estimate of drug-likeness (QED) is 0.517. The Morgan fingerprint density at radius 2 is 1.45 bits per heavy atom. The van der Waals surface area contributed by atoms with E-state index in [0.29, 0.717) is 16.8 Å². The van der Waals surface area contributed by atoms with Gasteiger partial charge in [-0.2, -0.15) is 0 Å². The average molecular weight is 414 g/mol. The summed E-state index contributed by atoms with van der Waals surface area (Å²) in [5.41, 5.74) is 1.37. The summed E-state index contributed by atoms with van der Waals surface area (Å²) in [6.07, 6.45) is 0. The first-order chi connectivity index (χ1) is 14.9. The summed E-state index contributed by atoms with van der Waals surface area (Å²) in [7, 11) is 1.22. The van der Waals surface area contributed by atoms with E-state index in [9.17, 15) is 19.2 Å². The van der Waals surface area contributed by atoms with Gasteiger partial charge in [-0.3, -0.25) is 14.4 Å². The molecule has 154 valence electrons. The van der Waals surface area contributed by atoms with Crippen molar-refractivity contribution in [1.82, 2.24) is 0 Å². The van der Waals surface area contributed by atoms with Crippen molar-refractivity contribution in [2.24, 2.45) is 0 Å². The molecule has 31 heavy (non-hydrogen) atoms. The number of rotatable bonds is 4. The van der Waals surface area contributed by atoms with Gasteiger partial charge in [0.1, 0.15) is 0 Å². The molecule has 3 aromatic rings. The molecule has 3 amide bonds. The molecule has 1 N–H and O–H groups in total. The van der Waals surface area contributed by atoms with Crippen molar-refractivity contribution in [3.05, 3.63) is 94.5 Å². The molecule has 7 nitrogen and oxygen atoms in total. The summed E-state index contributed by atoms with van der Waals surface area (Å²) < 4.78 is 4.83. The monoisotopic (exact) mass is 414 g/mol. The molecule has 0 fully saturated rings. The third kappa shape index (κ3) is 3.36. The minimum atomic E-state index is -0.672. The molecule has 0 aliphatic carbocycles. The molecule has 4 rings (SSSR count). The number of carbonyl (C=O) groups is 4. The third-order valence-corrected chi connectivity index (χ3v) is 5.12. The molecule has 0 bridgehead atoms. The topological polar surface area (TPSA) is 92.8 Å². The summed E-state index contributed by atoms with van der Waals surface area (Å²) in [5, 5.41) is 2.68. The van der Waals surface area contributed by atoms with Crippen LogP contribution >= 0.6 is 0 Å². The van der Waals surface area contributed by atoms with Gasteiger partial charge in [0.15, 0.2) is 0 Å². The number of ether oxygens (including phenoxy) is 1. The van der Waals surface area contributed by atoms with Crippen LogP contribution in [0.25, 0.3) is 0 Å². The number of nitrogens with zero attached hydrogens (tertiary/aromatic N) is 1. The first kappa shape index (κ1) is 20.0. The summed E-state index contributed by atoms with van der Waals surface area (Å²) in [6, 6.07) is 18.3. The number of amides is 3. The Bertz CT molecular complexity index is 1220. The highest BCUT2D eigenvalue weighted by molar-refractivity contribution is 6.37. The second-order valence-electron chi connectivity index (χ2n) is 6.94. The summed E-state index contributed by atoms with van der Waals surface area (Å²) >= 11 is 0. The van der Waals surface area contributed by atoms with Crippen molar-refractivity contribution in [2.45, 2.75) is 6.92 Å². The molecule has 0 radical (unpaired) electrons. The van der Waals surface area contributed by atoms with Crippen LogP contribution in [-0.2, 0) is 4.74 Å². The van der Waals surface area contributed by atoms with E-state index in [-0.39, 0.29) is 22.4 Å². The molecule has 0 unspecified atom stereocenters. The first-order valence-electron chi connectivity index (χ1n) is 9.50. The average Bonchev–Trinajstić information content (AvgIpc) is 3.07. The number of esters is 1. The van der Waals surface area contributed by atoms with E-state index in [2.05, 4.69) is 5.32 Å². The molecular formula is C24H18N2O5. The van der Waals surface area contributed by atoms with Gasteiger partial charge in [0.2, 0.25) is 0 Å². The number of methoxy groups -OCH3 is 1. The second-order valence-corrected chi connectivity index (χ2v) is 6.94. The molecule has 0 atom stereocenters. The Morgan fingerprint density at radius 1 is 0.871 bits per heavy atom. The lowest BCUT2D eigenvalue weighted by atomic mass is 9.96. The Labute approximate surface area is 178 Å². The summed E-state index contributed by atoms with van der Waals surface area (Å²) in [4.78, 5) is 52.7. The zero-order valence-electron chi connectivity index (χ0n) is 16.8. The number of benzene rings is 3. The van der Waals surface area contributed by atoms with E-state index < -0.39 is 23.7 Å². The summed E-state index contributed by atoms with van der Waals surface area (Å²) in [5.74, 6) is -2.28. The van der Waals surface area contributed by atoms with Gasteiger partial charge < -0.3 is 10.1 Å². The lowest BCUT2D eigenvalue weighted by molar-refractivity contribution is 0.0599. The van der Waals surface area contributed by atoms with Gasteiger partial charge >= 0.3 is 5.97 Å². The number of para-hydroxylation sites is 1. The minimum absolute atomic E-state index is 0.0447. The SMILES string of the molecule is COC(=O)c1cc(NC(=O)c2ccccc2)c2c(c1C)C(=O)N(c1ccccc1)C2=O. The van der Waals surface area contributed by atoms with Crippen LogP contribution in [-0.4, -0.2) is 30.8 Å². The Kier molecular flexibility index (Phi) is 5.09. The molecule has 0 saturated carbocycles. The molecule has 0 aromatic heterocycles. The lowest BCUT2D eigenvalue weighted by Gasteiger charge is -2.14. The zero-order valence-corrected chi connectivity index (χ0v) is 16.8. The number of carbonyl (C=O) groups excluding carboxylic acids is 4. The van der Waals surface area contributed by atoms with Gasteiger partial charge in [0.05, 0.1) is 35.2 Å². The van der Waals surface area contributed by atoms with Gasteiger partial charge in [-0.1, -0.05) is 36.4 Å². The fourth-order valence-electron chi connectivity index (χ4n) is 3.60. The maximum atomic E-state index is 13.3. The van der Waals surface area contributed by atoms with Crippen LogP contribution in [0.1, 0.15) is 47.0 Å². The predicted octanol–water partition coefficient (Wildman–Crippen LogP) is 3.83.